The lowest BCUT2D eigenvalue weighted by atomic mass is 10.1. The van der Waals surface area contributed by atoms with E-state index in [1.165, 1.54) is 0 Å². The third-order valence-corrected chi connectivity index (χ3v) is 3.11. The van der Waals surface area contributed by atoms with Crippen LogP contribution in [-0.4, -0.2) is 13.7 Å². The Kier molecular flexibility index (Phi) is 5.23. The van der Waals surface area contributed by atoms with Crippen LogP contribution in [0.5, 0.6) is 5.75 Å². The van der Waals surface area contributed by atoms with Crippen LogP contribution in [0.3, 0.4) is 0 Å². The highest BCUT2D eigenvalue weighted by molar-refractivity contribution is 5.36. The van der Waals surface area contributed by atoms with Crippen molar-refractivity contribution in [2.24, 2.45) is 0 Å². The van der Waals surface area contributed by atoms with Gasteiger partial charge in [-0.3, -0.25) is 5.32 Å². The molecule has 0 aliphatic rings. The molecule has 20 heavy (non-hydrogen) atoms. The molecule has 2 heteroatoms. The van der Waals surface area contributed by atoms with Gasteiger partial charge in [-0.25, -0.2) is 0 Å². The Balaban J connectivity index is 1.93. The van der Waals surface area contributed by atoms with Crippen LogP contribution in [0.25, 0.3) is 0 Å². The SMILES string of the molecule is COc1ccccc1[C@H](C)NCC#Cc1ccccc1. The molecular formula is C18H19NO. The molecule has 0 saturated heterocycles. The van der Waals surface area contributed by atoms with Crippen LogP contribution in [0.2, 0.25) is 0 Å². The number of nitrogens with one attached hydrogen (secondary N) is 1. The van der Waals surface area contributed by atoms with Gasteiger partial charge in [-0.1, -0.05) is 48.2 Å². The molecule has 2 rings (SSSR count). The average molecular weight is 265 g/mol. The number of methoxy groups -OCH3 is 1. The van der Waals surface area contributed by atoms with Crippen LogP contribution in [0.1, 0.15) is 24.1 Å². The zero-order valence-electron chi connectivity index (χ0n) is 11.9. The summed E-state index contributed by atoms with van der Waals surface area (Å²) in [4.78, 5) is 0. The van der Waals surface area contributed by atoms with E-state index in [0.29, 0.717) is 6.54 Å². The molecule has 0 heterocycles. The van der Waals surface area contributed by atoms with Gasteiger partial charge in [0.15, 0.2) is 0 Å². The van der Waals surface area contributed by atoms with E-state index in [4.69, 9.17) is 4.74 Å². The van der Waals surface area contributed by atoms with Crippen LogP contribution in [0, 0.1) is 11.8 Å². The van der Waals surface area contributed by atoms with E-state index in [1.54, 1.807) is 7.11 Å². The van der Waals surface area contributed by atoms with Crippen LogP contribution in [0.4, 0.5) is 0 Å². The molecule has 0 unspecified atom stereocenters. The number of hydrogen-bond acceptors (Lipinski definition) is 2. The number of benzene rings is 2. The van der Waals surface area contributed by atoms with Crippen molar-refractivity contribution in [3.63, 3.8) is 0 Å². The van der Waals surface area contributed by atoms with Crippen molar-refractivity contribution in [2.75, 3.05) is 13.7 Å². The molecule has 2 aromatic rings. The topological polar surface area (TPSA) is 21.3 Å². The van der Waals surface area contributed by atoms with Gasteiger partial charge in [-0.2, -0.15) is 0 Å². The molecule has 0 aliphatic carbocycles. The minimum Gasteiger partial charge on any atom is -0.496 e. The van der Waals surface area contributed by atoms with Gasteiger partial charge in [-0.15, -0.1) is 0 Å². The predicted octanol–water partition coefficient (Wildman–Crippen LogP) is 3.40. The molecule has 1 atom stereocenters. The smallest absolute Gasteiger partial charge is 0.123 e. The summed E-state index contributed by atoms with van der Waals surface area (Å²) in [5, 5.41) is 3.39. The Morgan fingerprint density at radius 1 is 1.05 bits per heavy atom. The highest BCUT2D eigenvalue weighted by atomic mass is 16.5. The summed E-state index contributed by atoms with van der Waals surface area (Å²) in [6.07, 6.45) is 0. The molecule has 0 amide bonds. The molecule has 0 fully saturated rings. The molecule has 0 saturated carbocycles. The van der Waals surface area contributed by atoms with Gasteiger partial charge in [0.1, 0.15) is 5.75 Å². The van der Waals surface area contributed by atoms with Crippen LogP contribution >= 0.6 is 0 Å². The van der Waals surface area contributed by atoms with E-state index < -0.39 is 0 Å². The molecule has 0 spiro atoms. The fourth-order valence-electron chi connectivity index (χ4n) is 2.01. The molecule has 0 aliphatic heterocycles. The monoisotopic (exact) mass is 265 g/mol. The molecule has 0 radical (unpaired) electrons. The summed E-state index contributed by atoms with van der Waals surface area (Å²) in [6.45, 7) is 2.76. The molecule has 2 aromatic carbocycles. The van der Waals surface area contributed by atoms with Crippen molar-refractivity contribution >= 4 is 0 Å². The largest absolute Gasteiger partial charge is 0.496 e. The molecule has 2 nitrogen and oxygen atoms in total. The molecule has 1 N–H and O–H groups in total. The fraction of sp³-hybridized carbons (Fsp3) is 0.222. The first-order valence-electron chi connectivity index (χ1n) is 6.71. The number of para-hydroxylation sites is 1. The summed E-state index contributed by atoms with van der Waals surface area (Å²) in [7, 11) is 1.70. The van der Waals surface area contributed by atoms with Gasteiger partial charge in [0.2, 0.25) is 0 Å². The van der Waals surface area contributed by atoms with Crippen molar-refractivity contribution in [1.82, 2.24) is 5.32 Å². The lowest BCUT2D eigenvalue weighted by molar-refractivity contribution is 0.403. The Labute approximate surface area is 120 Å². The maximum Gasteiger partial charge on any atom is 0.123 e. The summed E-state index contributed by atoms with van der Waals surface area (Å²) >= 11 is 0. The van der Waals surface area contributed by atoms with Gasteiger partial charge in [0.05, 0.1) is 13.7 Å². The van der Waals surface area contributed by atoms with E-state index in [2.05, 4.69) is 30.1 Å². The third kappa shape index (κ3) is 3.88. The summed E-state index contributed by atoms with van der Waals surface area (Å²) in [5.74, 6) is 7.18. The first-order valence-corrected chi connectivity index (χ1v) is 6.71. The van der Waals surface area contributed by atoms with Crippen molar-refractivity contribution in [2.45, 2.75) is 13.0 Å². The minimum absolute atomic E-state index is 0.205. The van der Waals surface area contributed by atoms with E-state index in [-0.39, 0.29) is 6.04 Å². The highest BCUT2D eigenvalue weighted by Gasteiger charge is 2.08. The fourth-order valence-corrected chi connectivity index (χ4v) is 2.01. The second-order valence-corrected chi connectivity index (χ2v) is 4.51. The number of hydrogen-bond donors (Lipinski definition) is 1. The molecular weight excluding hydrogens is 246 g/mol. The van der Waals surface area contributed by atoms with E-state index in [0.717, 1.165) is 16.9 Å². The Morgan fingerprint density at radius 3 is 2.50 bits per heavy atom. The van der Waals surface area contributed by atoms with Gasteiger partial charge in [-0.05, 0) is 25.1 Å². The number of rotatable bonds is 4. The van der Waals surface area contributed by atoms with Crippen molar-refractivity contribution in [3.05, 3.63) is 65.7 Å². The molecule has 0 aromatic heterocycles. The van der Waals surface area contributed by atoms with Crippen molar-refractivity contribution < 1.29 is 4.74 Å². The maximum atomic E-state index is 5.37. The third-order valence-electron chi connectivity index (χ3n) is 3.11. The first kappa shape index (κ1) is 14.2. The van der Waals surface area contributed by atoms with E-state index in [1.807, 2.05) is 48.5 Å². The quantitative estimate of drug-likeness (QED) is 0.856. The normalized spacial score (nSPS) is 11.3. The Bertz CT molecular complexity index is 596. The van der Waals surface area contributed by atoms with E-state index >= 15 is 0 Å². The lowest BCUT2D eigenvalue weighted by Gasteiger charge is -2.15. The average Bonchev–Trinajstić information content (AvgIpc) is 2.52. The molecule has 0 bridgehead atoms. The number of ether oxygens (including phenoxy) is 1. The van der Waals surface area contributed by atoms with Gasteiger partial charge in [0.25, 0.3) is 0 Å². The summed E-state index contributed by atoms with van der Waals surface area (Å²) < 4.78 is 5.37. The van der Waals surface area contributed by atoms with Gasteiger partial charge >= 0.3 is 0 Å². The summed E-state index contributed by atoms with van der Waals surface area (Å²) in [6, 6.07) is 18.3. The second-order valence-electron chi connectivity index (χ2n) is 4.51. The maximum absolute atomic E-state index is 5.37. The predicted molar refractivity (Wildman–Crippen MR) is 82.7 cm³/mol. The van der Waals surface area contributed by atoms with Gasteiger partial charge < -0.3 is 4.74 Å². The summed E-state index contributed by atoms with van der Waals surface area (Å²) in [5.41, 5.74) is 2.19. The van der Waals surface area contributed by atoms with Crippen molar-refractivity contribution in [1.29, 1.82) is 0 Å². The first-order chi connectivity index (χ1) is 9.81. The lowest BCUT2D eigenvalue weighted by Crippen LogP contribution is -2.19. The Hall–Kier alpha value is -2.24. The second kappa shape index (κ2) is 7.37. The van der Waals surface area contributed by atoms with Crippen LogP contribution < -0.4 is 10.1 Å². The standard InChI is InChI=1S/C18H19NO/c1-15(17-12-6-7-13-18(17)20-2)19-14-8-11-16-9-4-3-5-10-16/h3-7,9-10,12-13,15,19H,14H2,1-2H3/t15-/m0/s1. The van der Waals surface area contributed by atoms with Crippen LogP contribution in [0.15, 0.2) is 54.6 Å². The van der Waals surface area contributed by atoms with Crippen LogP contribution in [-0.2, 0) is 0 Å². The zero-order valence-corrected chi connectivity index (χ0v) is 11.9. The highest BCUT2D eigenvalue weighted by Crippen LogP contribution is 2.23. The Morgan fingerprint density at radius 2 is 1.75 bits per heavy atom. The minimum atomic E-state index is 0.205. The molecule has 102 valence electrons. The van der Waals surface area contributed by atoms with Gasteiger partial charge in [0, 0.05) is 17.2 Å². The van der Waals surface area contributed by atoms with Crippen molar-refractivity contribution in [3.8, 4) is 17.6 Å². The van der Waals surface area contributed by atoms with E-state index in [9.17, 15) is 0 Å². The zero-order chi connectivity index (χ0) is 14.2.